The van der Waals surface area contributed by atoms with Crippen LogP contribution in [0.3, 0.4) is 0 Å². The summed E-state index contributed by atoms with van der Waals surface area (Å²) in [5.74, 6) is 0. The van der Waals surface area contributed by atoms with Crippen LogP contribution in [0.5, 0.6) is 0 Å². The Morgan fingerprint density at radius 3 is 2.40 bits per heavy atom. The van der Waals surface area contributed by atoms with E-state index in [1.807, 2.05) is 0 Å². The molecule has 0 heterocycles. The van der Waals surface area contributed by atoms with E-state index < -0.39 is 0 Å². The van der Waals surface area contributed by atoms with Crippen LogP contribution in [0.2, 0.25) is 0 Å². The molecule has 0 spiro atoms. The summed E-state index contributed by atoms with van der Waals surface area (Å²) in [6.07, 6.45) is 0. The zero-order chi connectivity index (χ0) is 7.40. The summed E-state index contributed by atoms with van der Waals surface area (Å²) in [6.45, 7) is 0.721. The fourth-order valence-corrected chi connectivity index (χ4v) is 1.19. The van der Waals surface area contributed by atoms with E-state index in [9.17, 15) is 0 Å². The van der Waals surface area contributed by atoms with Crippen LogP contribution in [0.4, 0.5) is 0 Å². The van der Waals surface area contributed by atoms with Gasteiger partial charge in [-0.3, -0.25) is 0 Å². The van der Waals surface area contributed by atoms with Gasteiger partial charge in [0.15, 0.2) is 0 Å². The fraction of sp³-hybridized carbons (Fsp3) is 0.143. The highest BCUT2D eigenvalue weighted by Crippen LogP contribution is 2.06. The summed E-state index contributed by atoms with van der Waals surface area (Å²) >= 11 is 7.60. The standard InChI is InChI=1S/C7H7ClIN/c8-10-5-6-1-3-7(9)4-2-6/h1-4,10H,5H2. The van der Waals surface area contributed by atoms with Crippen molar-refractivity contribution in [2.24, 2.45) is 0 Å². The Hall–Kier alpha value is 0.200. The van der Waals surface area contributed by atoms with E-state index in [-0.39, 0.29) is 0 Å². The summed E-state index contributed by atoms with van der Waals surface area (Å²) in [7, 11) is 0. The van der Waals surface area contributed by atoms with Crippen molar-refractivity contribution in [3.05, 3.63) is 33.4 Å². The van der Waals surface area contributed by atoms with E-state index in [0.29, 0.717) is 0 Å². The SMILES string of the molecule is ClNCc1ccc(I)cc1. The molecule has 10 heavy (non-hydrogen) atoms. The van der Waals surface area contributed by atoms with Crippen LogP contribution < -0.4 is 4.84 Å². The van der Waals surface area contributed by atoms with Gasteiger partial charge in [-0.15, -0.1) is 0 Å². The Balaban J connectivity index is 2.69. The molecule has 0 aliphatic rings. The smallest absolute Gasteiger partial charge is 0.0359 e. The molecule has 0 aliphatic carbocycles. The highest BCUT2D eigenvalue weighted by atomic mass is 127. The van der Waals surface area contributed by atoms with Crippen LogP contribution in [0.15, 0.2) is 24.3 Å². The highest BCUT2D eigenvalue weighted by Gasteiger charge is 1.89. The van der Waals surface area contributed by atoms with E-state index in [1.54, 1.807) is 0 Å². The van der Waals surface area contributed by atoms with Crippen molar-refractivity contribution >= 4 is 34.4 Å². The lowest BCUT2D eigenvalue weighted by atomic mass is 10.2. The highest BCUT2D eigenvalue weighted by molar-refractivity contribution is 14.1. The van der Waals surface area contributed by atoms with E-state index in [2.05, 4.69) is 51.7 Å². The van der Waals surface area contributed by atoms with Crippen LogP contribution in [-0.2, 0) is 6.54 Å². The lowest BCUT2D eigenvalue weighted by Crippen LogP contribution is -1.97. The summed E-state index contributed by atoms with van der Waals surface area (Å²) in [5, 5.41) is 0. The van der Waals surface area contributed by atoms with Crippen molar-refractivity contribution in [1.82, 2.24) is 4.84 Å². The normalized spacial score (nSPS) is 9.80. The van der Waals surface area contributed by atoms with Crippen molar-refractivity contribution in [2.45, 2.75) is 6.54 Å². The molecule has 0 saturated carbocycles. The molecule has 54 valence electrons. The van der Waals surface area contributed by atoms with Crippen LogP contribution in [0.1, 0.15) is 5.56 Å². The Labute approximate surface area is 79.0 Å². The molecule has 0 aromatic heterocycles. The predicted octanol–water partition coefficient (Wildman–Crippen LogP) is 2.53. The maximum absolute atomic E-state index is 5.32. The third-order valence-corrected chi connectivity index (χ3v) is 2.04. The van der Waals surface area contributed by atoms with Crippen LogP contribution >= 0.6 is 34.4 Å². The summed E-state index contributed by atoms with van der Waals surface area (Å²) < 4.78 is 1.25. The number of rotatable bonds is 2. The van der Waals surface area contributed by atoms with Gasteiger partial charge in [0.25, 0.3) is 0 Å². The maximum Gasteiger partial charge on any atom is 0.0359 e. The van der Waals surface area contributed by atoms with Crippen molar-refractivity contribution < 1.29 is 0 Å². The average Bonchev–Trinajstić information content (AvgIpc) is 1.95. The van der Waals surface area contributed by atoms with Gasteiger partial charge < -0.3 is 0 Å². The Morgan fingerprint density at radius 2 is 1.90 bits per heavy atom. The van der Waals surface area contributed by atoms with Crippen LogP contribution in [0.25, 0.3) is 0 Å². The van der Waals surface area contributed by atoms with Gasteiger partial charge in [-0.2, -0.15) is 0 Å². The molecule has 3 heteroatoms. The first-order chi connectivity index (χ1) is 4.83. The van der Waals surface area contributed by atoms with E-state index >= 15 is 0 Å². The van der Waals surface area contributed by atoms with Gasteiger partial charge in [-0.05, 0) is 52.1 Å². The molecule has 1 N–H and O–H groups in total. The van der Waals surface area contributed by atoms with Gasteiger partial charge in [-0.1, -0.05) is 12.1 Å². The van der Waals surface area contributed by atoms with Gasteiger partial charge in [0, 0.05) is 10.1 Å². The molecule has 0 bridgehead atoms. The minimum atomic E-state index is 0.721. The van der Waals surface area contributed by atoms with E-state index in [1.165, 1.54) is 9.13 Å². The van der Waals surface area contributed by atoms with Crippen LogP contribution in [-0.4, -0.2) is 0 Å². The molecule has 0 saturated heterocycles. The largest absolute Gasteiger partial charge is 0.229 e. The quantitative estimate of drug-likeness (QED) is 0.641. The minimum Gasteiger partial charge on any atom is -0.229 e. The second-order valence-electron chi connectivity index (χ2n) is 1.94. The van der Waals surface area contributed by atoms with Crippen molar-refractivity contribution in [2.75, 3.05) is 0 Å². The molecule has 1 nitrogen and oxygen atoms in total. The minimum absolute atomic E-state index is 0.721. The molecule has 0 unspecified atom stereocenters. The monoisotopic (exact) mass is 267 g/mol. The number of halogens is 2. The molecule has 0 fully saturated rings. The van der Waals surface area contributed by atoms with Gasteiger partial charge in [0.05, 0.1) is 0 Å². The van der Waals surface area contributed by atoms with Crippen molar-refractivity contribution in [3.8, 4) is 0 Å². The Bertz CT molecular complexity index is 197. The summed E-state index contributed by atoms with van der Waals surface area (Å²) in [4.78, 5) is 2.57. The molecule has 0 aliphatic heterocycles. The van der Waals surface area contributed by atoms with E-state index in [0.717, 1.165) is 6.54 Å². The lowest BCUT2D eigenvalue weighted by Gasteiger charge is -1.96. The first-order valence-corrected chi connectivity index (χ1v) is 4.36. The number of nitrogens with one attached hydrogen (secondary N) is 1. The zero-order valence-electron chi connectivity index (χ0n) is 5.27. The van der Waals surface area contributed by atoms with Gasteiger partial charge in [0.2, 0.25) is 0 Å². The Kier molecular flexibility index (Phi) is 3.45. The molecule has 0 amide bonds. The third-order valence-electron chi connectivity index (χ3n) is 1.18. The predicted molar refractivity (Wildman–Crippen MR) is 51.9 cm³/mol. The molecular formula is C7H7ClIN. The van der Waals surface area contributed by atoms with Gasteiger partial charge >= 0.3 is 0 Å². The van der Waals surface area contributed by atoms with Gasteiger partial charge in [-0.25, -0.2) is 4.84 Å². The van der Waals surface area contributed by atoms with Gasteiger partial charge in [0.1, 0.15) is 0 Å². The number of hydrogen-bond donors (Lipinski definition) is 1. The third kappa shape index (κ3) is 2.44. The maximum atomic E-state index is 5.32. The molecule has 1 rings (SSSR count). The number of hydrogen-bond acceptors (Lipinski definition) is 1. The summed E-state index contributed by atoms with van der Waals surface area (Å²) in [5.41, 5.74) is 1.20. The molecule has 1 aromatic rings. The number of benzene rings is 1. The first-order valence-electron chi connectivity index (χ1n) is 2.91. The fourth-order valence-electron chi connectivity index (χ4n) is 0.679. The van der Waals surface area contributed by atoms with E-state index in [4.69, 9.17) is 11.8 Å². The van der Waals surface area contributed by atoms with Crippen LogP contribution in [0, 0.1) is 3.57 Å². The lowest BCUT2D eigenvalue weighted by molar-refractivity contribution is 0.963. The summed E-state index contributed by atoms with van der Waals surface area (Å²) in [6, 6.07) is 8.22. The second kappa shape index (κ2) is 4.16. The molecule has 0 radical (unpaired) electrons. The molecule has 1 aromatic carbocycles. The Morgan fingerprint density at radius 1 is 1.30 bits per heavy atom. The molecule has 0 atom stereocenters. The molecular weight excluding hydrogens is 260 g/mol. The van der Waals surface area contributed by atoms with Crippen molar-refractivity contribution in [1.29, 1.82) is 0 Å². The topological polar surface area (TPSA) is 12.0 Å². The average molecular weight is 267 g/mol. The first kappa shape index (κ1) is 8.30. The second-order valence-corrected chi connectivity index (χ2v) is 3.45. The zero-order valence-corrected chi connectivity index (χ0v) is 8.19. The van der Waals surface area contributed by atoms with Crippen molar-refractivity contribution in [3.63, 3.8) is 0 Å².